The number of hydrogen-bond acceptors (Lipinski definition) is 11. The highest BCUT2D eigenvalue weighted by Gasteiger charge is 2.50. The molecule has 2 aromatic heterocycles. The molecule has 2 fully saturated rings. The van der Waals surface area contributed by atoms with Crippen LogP contribution in [-0.2, 0) is 19.9 Å². The quantitative estimate of drug-likeness (QED) is 0.188. The number of rotatable bonds is 12. The van der Waals surface area contributed by atoms with E-state index in [0.29, 0.717) is 41.4 Å². The van der Waals surface area contributed by atoms with Gasteiger partial charge < -0.3 is 35.3 Å². The largest absolute Gasteiger partial charge is 0.494 e. The summed E-state index contributed by atoms with van der Waals surface area (Å²) >= 11 is 0. The maximum atomic E-state index is 13.1. The number of carbonyl (C=O) groups excluding carboxylic acids is 3. The van der Waals surface area contributed by atoms with Gasteiger partial charge in [-0.05, 0) is 43.1 Å². The maximum Gasteiger partial charge on any atom is 0.272 e. The van der Waals surface area contributed by atoms with Gasteiger partial charge in [-0.15, -0.1) is 10.2 Å². The molecule has 3 aromatic rings. The Morgan fingerprint density at radius 3 is 2.52 bits per heavy atom. The fourth-order valence-electron chi connectivity index (χ4n) is 4.35. The molecule has 216 valence electrons. The molecular formula is C25H31B3N8O6. The average molecular weight is 572 g/mol. The van der Waals surface area contributed by atoms with Crippen LogP contribution in [0.25, 0.3) is 11.5 Å². The third-order valence-electron chi connectivity index (χ3n) is 6.67. The zero-order valence-electron chi connectivity index (χ0n) is 24.2. The fraction of sp³-hybridized carbons (Fsp3) is 0.400. The molecule has 4 N–H and O–H groups in total. The van der Waals surface area contributed by atoms with Crippen molar-refractivity contribution < 1.29 is 28.4 Å². The Balaban J connectivity index is 1.46. The number of ether oxygens (including phenoxy) is 2. The fourth-order valence-corrected chi connectivity index (χ4v) is 4.35. The van der Waals surface area contributed by atoms with Crippen LogP contribution < -0.4 is 26.0 Å². The Bertz CT molecular complexity index is 1520. The van der Waals surface area contributed by atoms with Crippen LogP contribution in [0, 0.1) is 5.92 Å². The molecule has 0 atom stereocenters. The Labute approximate surface area is 244 Å². The van der Waals surface area contributed by atoms with Gasteiger partial charge in [-0.2, -0.15) is 4.98 Å². The second-order valence-electron chi connectivity index (χ2n) is 11.5. The zero-order chi connectivity index (χ0) is 30.1. The maximum absolute atomic E-state index is 13.1. The summed E-state index contributed by atoms with van der Waals surface area (Å²) in [6, 6.07) is 6.82. The molecule has 0 bridgehead atoms. The molecule has 42 heavy (non-hydrogen) atoms. The van der Waals surface area contributed by atoms with Crippen LogP contribution in [0.15, 0.2) is 28.8 Å². The average Bonchev–Trinajstić information content (AvgIpc) is 3.86. The topological polar surface area (TPSA) is 182 Å². The van der Waals surface area contributed by atoms with Gasteiger partial charge in [0.2, 0.25) is 11.8 Å². The Kier molecular flexibility index (Phi) is 7.95. The summed E-state index contributed by atoms with van der Waals surface area (Å²) in [4.78, 5) is 42.2. The van der Waals surface area contributed by atoms with Gasteiger partial charge in [0.15, 0.2) is 23.1 Å². The SMILES string of the molecule is BC(B)(B)NC(=O)c1nnc(NC(=O)C2CC2)cc1Nc1cccc(-c2nc(C3(NC(=O)COC)CC3)no2)c1OC. The van der Waals surface area contributed by atoms with Crippen LogP contribution in [-0.4, -0.2) is 87.7 Å². The van der Waals surface area contributed by atoms with Crippen molar-refractivity contribution in [2.45, 2.75) is 36.5 Å². The number of methoxy groups -OCH3 is 2. The number of para-hydroxylation sites is 1. The first-order valence-corrected chi connectivity index (χ1v) is 13.6. The van der Waals surface area contributed by atoms with E-state index in [2.05, 4.69) is 41.6 Å². The van der Waals surface area contributed by atoms with Crippen molar-refractivity contribution >= 4 is 58.5 Å². The van der Waals surface area contributed by atoms with E-state index in [4.69, 9.17) is 14.0 Å². The van der Waals surface area contributed by atoms with E-state index in [9.17, 15) is 14.4 Å². The summed E-state index contributed by atoms with van der Waals surface area (Å²) in [5.41, 5.74) is 0.605. The van der Waals surface area contributed by atoms with Crippen LogP contribution in [0.2, 0.25) is 0 Å². The van der Waals surface area contributed by atoms with Gasteiger partial charge in [-0.3, -0.25) is 14.4 Å². The molecule has 0 spiro atoms. The lowest BCUT2D eigenvalue weighted by molar-refractivity contribution is -0.125. The van der Waals surface area contributed by atoms with Crippen molar-refractivity contribution in [3.8, 4) is 17.2 Å². The lowest BCUT2D eigenvalue weighted by Crippen LogP contribution is -2.50. The number of amides is 3. The van der Waals surface area contributed by atoms with Gasteiger partial charge in [0.05, 0.1) is 24.0 Å². The lowest BCUT2D eigenvalue weighted by Gasteiger charge is -2.21. The summed E-state index contributed by atoms with van der Waals surface area (Å²) in [6.07, 6.45) is 3.01. The predicted octanol–water partition coefficient (Wildman–Crippen LogP) is -1.38. The Morgan fingerprint density at radius 1 is 1.12 bits per heavy atom. The molecule has 2 heterocycles. The first kappa shape index (κ1) is 29.1. The highest BCUT2D eigenvalue weighted by Crippen LogP contribution is 2.45. The molecule has 3 amide bonds. The number of hydrogen-bond donors (Lipinski definition) is 4. The molecule has 0 aliphatic heterocycles. The molecule has 0 saturated heterocycles. The van der Waals surface area contributed by atoms with Gasteiger partial charge in [0.25, 0.3) is 11.8 Å². The number of aromatic nitrogens is 4. The molecule has 2 saturated carbocycles. The molecule has 0 radical (unpaired) electrons. The Morgan fingerprint density at radius 2 is 1.88 bits per heavy atom. The minimum Gasteiger partial charge on any atom is -0.494 e. The molecule has 2 aliphatic carbocycles. The third-order valence-corrected chi connectivity index (χ3v) is 6.67. The van der Waals surface area contributed by atoms with Gasteiger partial charge in [-0.1, -0.05) is 11.2 Å². The van der Waals surface area contributed by atoms with Crippen molar-refractivity contribution in [3.05, 3.63) is 35.8 Å². The molecule has 17 heteroatoms. The van der Waals surface area contributed by atoms with Gasteiger partial charge in [0.1, 0.15) is 35.7 Å². The van der Waals surface area contributed by atoms with Crippen molar-refractivity contribution in [1.82, 2.24) is 31.0 Å². The first-order chi connectivity index (χ1) is 20.0. The summed E-state index contributed by atoms with van der Waals surface area (Å²) in [5, 5.41) is 23.6. The second-order valence-corrected chi connectivity index (χ2v) is 11.5. The molecule has 5 rings (SSSR count). The van der Waals surface area contributed by atoms with Crippen LogP contribution in [0.4, 0.5) is 17.2 Å². The normalized spacial score (nSPS) is 15.4. The summed E-state index contributed by atoms with van der Waals surface area (Å²) in [7, 11) is 8.51. The zero-order valence-corrected chi connectivity index (χ0v) is 24.2. The van der Waals surface area contributed by atoms with Gasteiger partial charge >= 0.3 is 0 Å². The molecule has 1 aromatic carbocycles. The monoisotopic (exact) mass is 572 g/mol. The number of nitrogens with zero attached hydrogens (tertiary/aromatic N) is 4. The lowest BCUT2D eigenvalue weighted by atomic mass is 9.49. The van der Waals surface area contributed by atoms with Crippen LogP contribution >= 0.6 is 0 Å². The van der Waals surface area contributed by atoms with E-state index >= 15 is 0 Å². The molecule has 14 nitrogen and oxygen atoms in total. The third kappa shape index (κ3) is 6.56. The number of nitrogens with one attached hydrogen (secondary N) is 4. The predicted molar refractivity (Wildman–Crippen MR) is 160 cm³/mol. The molecule has 2 aliphatic rings. The number of anilines is 3. The molecule has 0 unspecified atom stereocenters. The van der Waals surface area contributed by atoms with Gasteiger partial charge in [0, 0.05) is 19.1 Å². The summed E-state index contributed by atoms with van der Waals surface area (Å²) in [5.74, 6) is 0.236. The van der Waals surface area contributed by atoms with Crippen LogP contribution in [0.3, 0.4) is 0 Å². The van der Waals surface area contributed by atoms with E-state index in [1.165, 1.54) is 14.2 Å². The minimum atomic E-state index is -0.695. The van der Waals surface area contributed by atoms with Crippen LogP contribution in [0.1, 0.15) is 42.0 Å². The van der Waals surface area contributed by atoms with Crippen molar-refractivity contribution in [1.29, 1.82) is 0 Å². The van der Waals surface area contributed by atoms with E-state index < -0.39 is 16.7 Å². The second kappa shape index (κ2) is 11.5. The van der Waals surface area contributed by atoms with E-state index in [-0.39, 0.29) is 41.7 Å². The number of benzene rings is 1. The highest BCUT2D eigenvalue weighted by atomic mass is 16.5. The summed E-state index contributed by atoms with van der Waals surface area (Å²) in [6.45, 7) is -0.0698. The van der Waals surface area contributed by atoms with E-state index in [1.807, 2.05) is 23.5 Å². The van der Waals surface area contributed by atoms with E-state index in [0.717, 1.165) is 12.8 Å². The van der Waals surface area contributed by atoms with E-state index in [1.54, 1.807) is 24.3 Å². The van der Waals surface area contributed by atoms with Gasteiger partial charge in [-0.25, -0.2) is 0 Å². The van der Waals surface area contributed by atoms with Crippen molar-refractivity contribution in [3.63, 3.8) is 0 Å². The van der Waals surface area contributed by atoms with Crippen LogP contribution in [0.5, 0.6) is 5.75 Å². The first-order valence-electron chi connectivity index (χ1n) is 13.6. The van der Waals surface area contributed by atoms with Crippen molar-refractivity contribution in [2.24, 2.45) is 5.92 Å². The standard InChI is InChI=1S/C25H31B3N8O6/c1-40-11-17(37)32-24(8-9-24)23-31-22(42-36-23)13-4-3-5-14(19(13)41-2)29-15-10-16(30-20(38)12-6-7-12)34-35-18(15)21(39)33-25(26,27)28/h3-5,10,12H,6-9,11,26-28H2,1-2H3,(H,32,37)(H,33,39)(H2,29,30,34,38). The minimum absolute atomic E-state index is 0.0318. The Hall–Kier alpha value is -4.40. The smallest absolute Gasteiger partial charge is 0.272 e. The summed E-state index contributed by atoms with van der Waals surface area (Å²) < 4.78 is 16.2. The molecular weight excluding hydrogens is 541 g/mol. The number of carbonyl (C=O) groups is 3. The van der Waals surface area contributed by atoms with Crippen molar-refractivity contribution in [2.75, 3.05) is 31.5 Å². The highest BCUT2D eigenvalue weighted by molar-refractivity contribution is 6.60.